The van der Waals surface area contributed by atoms with Gasteiger partial charge in [0, 0.05) is 25.8 Å². The van der Waals surface area contributed by atoms with E-state index in [2.05, 4.69) is 31.8 Å². The summed E-state index contributed by atoms with van der Waals surface area (Å²) in [5.74, 6) is 0.490. The molecule has 0 heterocycles. The highest BCUT2D eigenvalue weighted by molar-refractivity contribution is 7.80. The molecule has 1 N–H and O–H groups in total. The van der Waals surface area contributed by atoms with Gasteiger partial charge in [-0.15, -0.1) is 0 Å². The van der Waals surface area contributed by atoms with Crippen LogP contribution in [0.5, 0.6) is 0 Å². The van der Waals surface area contributed by atoms with Crippen molar-refractivity contribution in [1.29, 1.82) is 0 Å². The van der Waals surface area contributed by atoms with Gasteiger partial charge in [0.25, 0.3) is 0 Å². The fourth-order valence-corrected chi connectivity index (χ4v) is 1.71. The number of likely N-dealkylation sites (N-methyl/N-ethyl adjacent to an activating group) is 1. The van der Waals surface area contributed by atoms with E-state index in [0.29, 0.717) is 24.8 Å². The molecule has 0 aromatic heterocycles. The topological polar surface area (TPSA) is 49.4 Å². The Labute approximate surface area is 103 Å². The van der Waals surface area contributed by atoms with Crippen LogP contribution in [0.15, 0.2) is 0 Å². The van der Waals surface area contributed by atoms with E-state index in [-0.39, 0.29) is 11.8 Å². The molecule has 1 atom stereocenters. The Hall–Kier alpha value is -0.710. The summed E-state index contributed by atoms with van der Waals surface area (Å²) >= 11 is 4.09. The molecular weight excluding hydrogens is 224 g/mol. The minimum Gasteiger partial charge on any atom is -0.344 e. The minimum atomic E-state index is -0.514. The number of amides is 2. The molecule has 0 aromatic carbocycles. The van der Waals surface area contributed by atoms with Crippen molar-refractivity contribution < 1.29 is 9.59 Å². The number of rotatable bonds is 6. The van der Waals surface area contributed by atoms with Gasteiger partial charge in [0.15, 0.2) is 0 Å². The van der Waals surface area contributed by atoms with Crippen molar-refractivity contribution in [2.24, 2.45) is 5.92 Å². The molecule has 0 bridgehead atoms. The van der Waals surface area contributed by atoms with Crippen molar-refractivity contribution in [3.05, 3.63) is 0 Å². The van der Waals surface area contributed by atoms with Crippen molar-refractivity contribution in [2.45, 2.75) is 33.7 Å². The van der Waals surface area contributed by atoms with Crippen molar-refractivity contribution in [3.63, 3.8) is 0 Å². The van der Waals surface area contributed by atoms with Gasteiger partial charge in [0.1, 0.15) is 6.04 Å². The summed E-state index contributed by atoms with van der Waals surface area (Å²) in [6.45, 7) is 8.82. The van der Waals surface area contributed by atoms with Crippen LogP contribution in [0.25, 0.3) is 0 Å². The zero-order valence-corrected chi connectivity index (χ0v) is 11.4. The molecule has 16 heavy (non-hydrogen) atoms. The monoisotopic (exact) mass is 246 g/mol. The Morgan fingerprint density at radius 3 is 2.25 bits per heavy atom. The van der Waals surface area contributed by atoms with Crippen LogP contribution in [0, 0.1) is 5.92 Å². The molecule has 0 fully saturated rings. The number of nitrogens with zero attached hydrogens (tertiary/aromatic N) is 1. The van der Waals surface area contributed by atoms with Gasteiger partial charge in [-0.3, -0.25) is 9.59 Å². The first kappa shape index (κ1) is 15.3. The Kier molecular flexibility index (Phi) is 7.21. The number of hydrogen-bond acceptors (Lipinski definition) is 3. The maximum atomic E-state index is 12.0. The zero-order valence-electron chi connectivity index (χ0n) is 10.5. The quantitative estimate of drug-likeness (QED) is 0.685. The van der Waals surface area contributed by atoms with Crippen LogP contribution in [0.3, 0.4) is 0 Å². The van der Waals surface area contributed by atoms with Gasteiger partial charge >= 0.3 is 0 Å². The molecule has 94 valence electrons. The van der Waals surface area contributed by atoms with E-state index < -0.39 is 6.04 Å². The molecule has 0 aliphatic heterocycles. The molecule has 0 aliphatic rings. The van der Waals surface area contributed by atoms with E-state index in [1.807, 2.05) is 6.92 Å². The van der Waals surface area contributed by atoms with E-state index >= 15 is 0 Å². The lowest BCUT2D eigenvalue weighted by atomic mass is 10.2. The highest BCUT2D eigenvalue weighted by Gasteiger charge is 2.23. The molecule has 4 nitrogen and oxygen atoms in total. The molecule has 1 unspecified atom stereocenters. The maximum Gasteiger partial charge on any atom is 0.245 e. The summed E-state index contributed by atoms with van der Waals surface area (Å²) in [5.41, 5.74) is 0. The SMILES string of the molecule is CCN(CC(C)C)C(=O)C(CS)NC(C)=O. The second kappa shape index (κ2) is 7.54. The third-order valence-corrected chi connectivity index (χ3v) is 2.50. The largest absolute Gasteiger partial charge is 0.344 e. The van der Waals surface area contributed by atoms with Gasteiger partial charge in [0.2, 0.25) is 11.8 Å². The summed E-state index contributed by atoms with van der Waals surface area (Å²) in [6.07, 6.45) is 0. The van der Waals surface area contributed by atoms with E-state index in [1.54, 1.807) is 4.90 Å². The normalized spacial score (nSPS) is 12.4. The average Bonchev–Trinajstić information content (AvgIpc) is 2.20. The van der Waals surface area contributed by atoms with Crippen LogP contribution >= 0.6 is 12.6 Å². The molecule has 0 saturated carbocycles. The first-order valence-corrected chi connectivity index (χ1v) is 6.22. The molecule has 0 aliphatic carbocycles. The Morgan fingerprint density at radius 2 is 1.94 bits per heavy atom. The molecule has 0 aromatic rings. The second-order valence-corrected chi connectivity index (χ2v) is 4.57. The van der Waals surface area contributed by atoms with Crippen LogP contribution in [0.4, 0.5) is 0 Å². The van der Waals surface area contributed by atoms with E-state index in [9.17, 15) is 9.59 Å². The Balaban J connectivity index is 4.50. The molecule has 0 radical (unpaired) electrons. The molecule has 2 amide bonds. The van der Waals surface area contributed by atoms with Crippen molar-refractivity contribution >= 4 is 24.4 Å². The number of hydrogen-bond donors (Lipinski definition) is 2. The molecular formula is C11H22N2O2S. The second-order valence-electron chi connectivity index (χ2n) is 4.21. The first-order chi connectivity index (χ1) is 7.42. The lowest BCUT2D eigenvalue weighted by Gasteiger charge is -2.27. The van der Waals surface area contributed by atoms with Crippen LogP contribution < -0.4 is 5.32 Å². The summed E-state index contributed by atoms with van der Waals surface area (Å²) in [6, 6.07) is -0.514. The van der Waals surface area contributed by atoms with E-state index in [1.165, 1.54) is 6.92 Å². The predicted octanol–water partition coefficient (Wildman–Crippen LogP) is 0.925. The van der Waals surface area contributed by atoms with Crippen molar-refractivity contribution in [3.8, 4) is 0 Å². The van der Waals surface area contributed by atoms with Gasteiger partial charge in [-0.2, -0.15) is 12.6 Å². The summed E-state index contributed by atoms with van der Waals surface area (Å²) in [7, 11) is 0. The summed E-state index contributed by atoms with van der Waals surface area (Å²) in [5, 5.41) is 2.61. The molecule has 0 spiro atoms. The van der Waals surface area contributed by atoms with Crippen LogP contribution in [0.2, 0.25) is 0 Å². The summed E-state index contributed by atoms with van der Waals surface area (Å²) < 4.78 is 0. The lowest BCUT2D eigenvalue weighted by molar-refractivity contribution is -0.135. The van der Waals surface area contributed by atoms with Crippen LogP contribution in [0.1, 0.15) is 27.7 Å². The summed E-state index contributed by atoms with van der Waals surface area (Å²) in [4.78, 5) is 24.7. The number of carbonyl (C=O) groups is 2. The third-order valence-electron chi connectivity index (χ3n) is 2.14. The highest BCUT2D eigenvalue weighted by atomic mass is 32.1. The first-order valence-electron chi connectivity index (χ1n) is 5.59. The van der Waals surface area contributed by atoms with E-state index in [0.717, 1.165) is 0 Å². The standard InChI is InChI=1S/C11H22N2O2S/c1-5-13(6-8(2)3)11(15)10(7-16)12-9(4)14/h8,10,16H,5-7H2,1-4H3,(H,12,14). The number of nitrogens with one attached hydrogen (secondary N) is 1. The maximum absolute atomic E-state index is 12.0. The average molecular weight is 246 g/mol. The zero-order chi connectivity index (χ0) is 12.7. The van der Waals surface area contributed by atoms with E-state index in [4.69, 9.17) is 0 Å². The van der Waals surface area contributed by atoms with Crippen molar-refractivity contribution in [1.82, 2.24) is 10.2 Å². The predicted molar refractivity (Wildman–Crippen MR) is 68.5 cm³/mol. The fourth-order valence-electron chi connectivity index (χ4n) is 1.47. The van der Waals surface area contributed by atoms with Gasteiger partial charge in [-0.05, 0) is 12.8 Å². The van der Waals surface area contributed by atoms with Crippen molar-refractivity contribution in [2.75, 3.05) is 18.8 Å². The fraction of sp³-hybridized carbons (Fsp3) is 0.818. The Bertz CT molecular complexity index is 244. The van der Waals surface area contributed by atoms with Gasteiger partial charge in [-0.1, -0.05) is 13.8 Å². The molecule has 5 heteroatoms. The molecule has 0 rings (SSSR count). The van der Waals surface area contributed by atoms with Crippen LogP contribution in [-0.4, -0.2) is 41.6 Å². The number of carbonyl (C=O) groups excluding carboxylic acids is 2. The number of thiol groups is 1. The van der Waals surface area contributed by atoms with Crippen LogP contribution in [-0.2, 0) is 9.59 Å². The van der Waals surface area contributed by atoms with Gasteiger partial charge < -0.3 is 10.2 Å². The third kappa shape index (κ3) is 5.39. The molecule has 0 saturated heterocycles. The minimum absolute atomic E-state index is 0.0543. The Morgan fingerprint density at radius 1 is 1.38 bits per heavy atom. The van der Waals surface area contributed by atoms with Gasteiger partial charge in [-0.25, -0.2) is 0 Å². The van der Waals surface area contributed by atoms with Gasteiger partial charge in [0.05, 0.1) is 0 Å². The highest BCUT2D eigenvalue weighted by Crippen LogP contribution is 2.03. The lowest BCUT2D eigenvalue weighted by Crippen LogP contribution is -2.50. The smallest absolute Gasteiger partial charge is 0.245 e.